The highest BCUT2D eigenvalue weighted by Crippen LogP contribution is 2.38. The average Bonchev–Trinajstić information content (AvgIpc) is 3.16. The minimum atomic E-state index is -1.52. The number of fused-ring (bicyclic) bond motifs is 1. The number of nitrogens with two attached hydrogens (primary N) is 2. The number of carboxylic acids is 1. The van der Waals surface area contributed by atoms with E-state index in [1.165, 1.54) is 10.6 Å². The Morgan fingerprint density at radius 3 is 2.56 bits per heavy atom. The SMILES string of the molecule is Nc1cc(-n2cc(C(=O)O)c(=O)c3cc(F)c(N4CC[C@H](N)C4)c(Br)c32)c(CO)cc1F. The Morgan fingerprint density at radius 1 is 1.25 bits per heavy atom. The van der Waals surface area contributed by atoms with Crippen molar-refractivity contribution in [3.63, 3.8) is 0 Å². The molecule has 8 nitrogen and oxygen atoms in total. The number of nitrogen functional groups attached to an aromatic ring is 1. The normalized spacial score (nSPS) is 16.2. The molecule has 2 aromatic carbocycles. The van der Waals surface area contributed by atoms with E-state index in [4.69, 9.17) is 11.5 Å². The van der Waals surface area contributed by atoms with Gasteiger partial charge in [-0.1, -0.05) is 0 Å². The van der Waals surface area contributed by atoms with Crippen LogP contribution in [0.4, 0.5) is 20.2 Å². The van der Waals surface area contributed by atoms with Crippen LogP contribution in [-0.2, 0) is 6.61 Å². The van der Waals surface area contributed by atoms with Gasteiger partial charge in [0.2, 0.25) is 5.43 Å². The number of aromatic nitrogens is 1. The van der Waals surface area contributed by atoms with E-state index in [2.05, 4.69) is 15.9 Å². The van der Waals surface area contributed by atoms with Gasteiger partial charge in [0.1, 0.15) is 17.2 Å². The fourth-order valence-electron chi connectivity index (χ4n) is 4.00. The van der Waals surface area contributed by atoms with Crippen molar-refractivity contribution in [1.29, 1.82) is 0 Å². The molecule has 0 amide bonds. The minimum absolute atomic E-state index is 0.0963. The number of carbonyl (C=O) groups is 1. The Hall–Kier alpha value is -3.02. The first kappa shape index (κ1) is 22.2. The molecule has 11 heteroatoms. The van der Waals surface area contributed by atoms with E-state index in [9.17, 15) is 24.2 Å². The number of carboxylic acid groups (broad SMARTS) is 1. The number of pyridine rings is 1. The standard InChI is InChI=1S/C21H19BrF2N4O4/c22-17-18-11(4-14(24)19(17)27-2-1-10(25)6-27)20(30)12(21(31)32)7-28(18)16-5-15(26)13(23)3-9(16)8-29/h3-5,7,10,29H,1-2,6,8,25-26H2,(H,31,32)/t10-/m0/s1. The summed E-state index contributed by atoms with van der Waals surface area (Å²) in [6.07, 6.45) is 1.71. The van der Waals surface area contributed by atoms with Crippen molar-refractivity contribution in [3.8, 4) is 5.69 Å². The zero-order chi connectivity index (χ0) is 23.3. The molecule has 0 spiro atoms. The molecule has 1 aliphatic heterocycles. The molecule has 1 atom stereocenters. The van der Waals surface area contributed by atoms with Crippen LogP contribution < -0.4 is 21.8 Å². The van der Waals surface area contributed by atoms with E-state index >= 15 is 4.39 Å². The maximum Gasteiger partial charge on any atom is 0.341 e. The van der Waals surface area contributed by atoms with E-state index in [1.807, 2.05) is 0 Å². The largest absolute Gasteiger partial charge is 0.477 e. The zero-order valence-electron chi connectivity index (χ0n) is 16.6. The summed E-state index contributed by atoms with van der Waals surface area (Å²) in [6, 6.07) is 3.08. The molecule has 1 aliphatic rings. The summed E-state index contributed by atoms with van der Waals surface area (Å²) in [5, 5.41) is 19.1. The molecule has 0 aliphatic carbocycles. The van der Waals surface area contributed by atoms with Gasteiger partial charge in [-0.05, 0) is 40.5 Å². The second-order valence-electron chi connectivity index (χ2n) is 7.62. The van der Waals surface area contributed by atoms with E-state index < -0.39 is 35.2 Å². The predicted octanol–water partition coefficient (Wildman–Crippen LogP) is 2.34. The van der Waals surface area contributed by atoms with Crippen LogP contribution in [0, 0.1) is 11.6 Å². The molecule has 4 rings (SSSR count). The van der Waals surface area contributed by atoms with Crippen molar-refractivity contribution in [2.45, 2.75) is 19.1 Å². The van der Waals surface area contributed by atoms with E-state index in [0.29, 0.717) is 19.5 Å². The van der Waals surface area contributed by atoms with Crippen LogP contribution in [0.15, 0.2) is 33.7 Å². The van der Waals surface area contributed by atoms with Crippen molar-refractivity contribution in [3.05, 3.63) is 61.9 Å². The first-order valence-corrected chi connectivity index (χ1v) is 10.4. The molecule has 168 valence electrons. The summed E-state index contributed by atoms with van der Waals surface area (Å²) in [5.74, 6) is -3.00. The van der Waals surface area contributed by atoms with Gasteiger partial charge in [0.25, 0.3) is 0 Å². The van der Waals surface area contributed by atoms with Crippen LogP contribution in [0.2, 0.25) is 0 Å². The minimum Gasteiger partial charge on any atom is -0.477 e. The quantitative estimate of drug-likeness (QED) is 0.397. The third-order valence-corrected chi connectivity index (χ3v) is 6.31. The monoisotopic (exact) mass is 508 g/mol. The summed E-state index contributed by atoms with van der Waals surface area (Å²) < 4.78 is 30.7. The number of hydrogen-bond acceptors (Lipinski definition) is 6. The summed E-state index contributed by atoms with van der Waals surface area (Å²) in [4.78, 5) is 26.3. The van der Waals surface area contributed by atoms with E-state index in [0.717, 1.165) is 18.3 Å². The molecule has 32 heavy (non-hydrogen) atoms. The van der Waals surface area contributed by atoms with Crippen LogP contribution in [0.1, 0.15) is 22.3 Å². The summed E-state index contributed by atoms with van der Waals surface area (Å²) >= 11 is 3.39. The molecular formula is C21H19BrF2N4O4. The van der Waals surface area contributed by atoms with Crippen LogP contribution >= 0.6 is 15.9 Å². The fourth-order valence-corrected chi connectivity index (χ4v) is 4.84. The summed E-state index contributed by atoms with van der Waals surface area (Å²) in [7, 11) is 0. The van der Waals surface area contributed by atoms with Gasteiger partial charge < -0.3 is 31.1 Å². The van der Waals surface area contributed by atoms with Gasteiger partial charge in [-0.2, -0.15) is 0 Å². The first-order valence-electron chi connectivity index (χ1n) is 9.64. The Bertz CT molecular complexity index is 1330. The maximum atomic E-state index is 15.2. The highest BCUT2D eigenvalue weighted by Gasteiger charge is 2.28. The number of rotatable bonds is 4. The second-order valence-corrected chi connectivity index (χ2v) is 8.41. The lowest BCUT2D eigenvalue weighted by atomic mass is 10.1. The van der Waals surface area contributed by atoms with Crippen LogP contribution in [0.5, 0.6) is 0 Å². The van der Waals surface area contributed by atoms with Crippen molar-refractivity contribution >= 4 is 44.2 Å². The Morgan fingerprint density at radius 2 is 1.97 bits per heavy atom. The van der Waals surface area contributed by atoms with Crippen LogP contribution in [-0.4, -0.2) is 39.9 Å². The molecule has 0 bridgehead atoms. The smallest absolute Gasteiger partial charge is 0.341 e. The van der Waals surface area contributed by atoms with E-state index in [1.54, 1.807) is 4.90 Å². The van der Waals surface area contributed by atoms with Gasteiger partial charge in [0.05, 0.1) is 39.0 Å². The molecule has 0 unspecified atom stereocenters. The van der Waals surface area contributed by atoms with Crippen LogP contribution in [0.3, 0.4) is 0 Å². The molecule has 2 heterocycles. The van der Waals surface area contributed by atoms with Crippen molar-refractivity contribution < 1.29 is 23.8 Å². The van der Waals surface area contributed by atoms with Gasteiger partial charge in [0, 0.05) is 30.9 Å². The van der Waals surface area contributed by atoms with Crippen molar-refractivity contribution in [2.24, 2.45) is 5.73 Å². The third-order valence-electron chi connectivity index (χ3n) is 5.56. The fraction of sp³-hybridized carbons (Fsp3) is 0.238. The van der Waals surface area contributed by atoms with Gasteiger partial charge in [-0.15, -0.1) is 0 Å². The lowest BCUT2D eigenvalue weighted by Gasteiger charge is -2.24. The Balaban J connectivity index is 2.15. The van der Waals surface area contributed by atoms with Gasteiger partial charge in [-0.25, -0.2) is 13.6 Å². The zero-order valence-corrected chi connectivity index (χ0v) is 18.2. The van der Waals surface area contributed by atoms with Gasteiger partial charge >= 0.3 is 5.97 Å². The number of nitrogens with zero attached hydrogens (tertiary/aromatic N) is 2. The average molecular weight is 509 g/mol. The lowest BCUT2D eigenvalue weighted by molar-refractivity contribution is 0.0695. The topological polar surface area (TPSA) is 135 Å². The molecule has 1 aromatic heterocycles. The second kappa shape index (κ2) is 8.15. The molecule has 1 fully saturated rings. The first-order chi connectivity index (χ1) is 15.1. The Labute approximate surface area is 188 Å². The number of hydrogen-bond donors (Lipinski definition) is 4. The molecular weight excluding hydrogens is 490 g/mol. The number of aromatic carboxylic acids is 1. The summed E-state index contributed by atoms with van der Waals surface area (Å²) in [5.41, 5.74) is 10.5. The molecule has 0 radical (unpaired) electrons. The number of anilines is 2. The molecule has 1 saturated heterocycles. The molecule has 6 N–H and O–H groups in total. The van der Waals surface area contributed by atoms with Gasteiger partial charge in [-0.3, -0.25) is 4.79 Å². The van der Waals surface area contributed by atoms with Gasteiger partial charge in [0.15, 0.2) is 0 Å². The number of aliphatic hydroxyl groups excluding tert-OH is 1. The van der Waals surface area contributed by atoms with E-state index in [-0.39, 0.29) is 44.0 Å². The third kappa shape index (κ3) is 3.51. The highest BCUT2D eigenvalue weighted by atomic mass is 79.9. The number of benzene rings is 2. The molecule has 0 saturated carbocycles. The maximum absolute atomic E-state index is 15.2. The van der Waals surface area contributed by atoms with Crippen molar-refractivity contribution in [2.75, 3.05) is 23.7 Å². The van der Waals surface area contributed by atoms with Crippen LogP contribution in [0.25, 0.3) is 16.6 Å². The highest BCUT2D eigenvalue weighted by molar-refractivity contribution is 9.10. The lowest BCUT2D eigenvalue weighted by Crippen LogP contribution is -2.27. The van der Waals surface area contributed by atoms with Crippen molar-refractivity contribution in [1.82, 2.24) is 4.57 Å². The predicted molar refractivity (Wildman–Crippen MR) is 119 cm³/mol. The Kier molecular flexibility index (Phi) is 5.65. The summed E-state index contributed by atoms with van der Waals surface area (Å²) in [6.45, 7) is 0.296. The number of aliphatic hydroxyl groups is 1. The number of halogens is 3. The molecule has 3 aromatic rings.